The van der Waals surface area contributed by atoms with Crippen LogP contribution < -0.4 is 14.9 Å². The molecule has 2 heterocycles. The Balaban J connectivity index is 1.57. The molecule has 0 fully saturated rings. The van der Waals surface area contributed by atoms with Gasteiger partial charge in [0.2, 0.25) is 10.0 Å². The molecule has 0 unspecified atom stereocenters. The van der Waals surface area contributed by atoms with E-state index in [0.29, 0.717) is 52.5 Å². The van der Waals surface area contributed by atoms with Crippen molar-refractivity contribution in [1.29, 1.82) is 0 Å². The minimum Gasteiger partial charge on any atom is -0.465 e. The van der Waals surface area contributed by atoms with Gasteiger partial charge >= 0.3 is 5.97 Å². The number of anilines is 3. The maximum atomic E-state index is 13.4. The first kappa shape index (κ1) is 28.3. The maximum Gasteiger partial charge on any atom is 0.337 e. The van der Waals surface area contributed by atoms with E-state index in [0.717, 1.165) is 15.8 Å². The van der Waals surface area contributed by atoms with E-state index >= 15 is 0 Å². The van der Waals surface area contributed by atoms with E-state index in [-0.39, 0.29) is 5.91 Å². The van der Waals surface area contributed by atoms with Gasteiger partial charge in [-0.1, -0.05) is 12.1 Å². The highest BCUT2D eigenvalue weighted by Gasteiger charge is 2.30. The standard InChI is InChI=1S/C29H29N5O5S2/c1-33(2)13-14-34(41(4,37)38)21-9-7-20(8-10-21)31-27(18-6-12-23-25(16-18)40-17-30-23)26-22-11-5-19(29(36)39-3)15-24(22)32-28(26)35/h5-12,15-17,31H,13-14H2,1-4H3,(H,32,35)/b27-26-. The van der Waals surface area contributed by atoms with Gasteiger partial charge in [0.1, 0.15) is 0 Å². The summed E-state index contributed by atoms with van der Waals surface area (Å²) in [7, 11) is 1.60. The van der Waals surface area contributed by atoms with Crippen molar-refractivity contribution in [1.82, 2.24) is 9.88 Å². The Morgan fingerprint density at radius 2 is 1.76 bits per heavy atom. The Kier molecular flexibility index (Phi) is 7.80. The van der Waals surface area contributed by atoms with Crippen molar-refractivity contribution >= 4 is 71.8 Å². The van der Waals surface area contributed by atoms with Gasteiger partial charge in [-0.15, -0.1) is 11.3 Å². The second-order valence-corrected chi connectivity index (χ2v) is 12.6. The molecule has 0 saturated heterocycles. The van der Waals surface area contributed by atoms with Crippen LogP contribution in [0.5, 0.6) is 0 Å². The molecule has 0 atom stereocenters. The van der Waals surface area contributed by atoms with Gasteiger partial charge in [-0.2, -0.15) is 0 Å². The predicted octanol–water partition coefficient (Wildman–Crippen LogP) is 4.34. The lowest BCUT2D eigenvalue weighted by Gasteiger charge is -2.24. The number of likely N-dealkylation sites (N-methyl/N-ethyl adjacent to an activating group) is 1. The van der Waals surface area contributed by atoms with Crippen LogP contribution in [-0.2, 0) is 19.6 Å². The molecule has 1 amide bonds. The number of ether oxygens (including phenoxy) is 1. The molecule has 2 N–H and O–H groups in total. The quantitative estimate of drug-likeness (QED) is 0.218. The van der Waals surface area contributed by atoms with Crippen LogP contribution in [0.1, 0.15) is 21.5 Å². The number of carbonyl (C=O) groups excluding carboxylic acids is 2. The fourth-order valence-corrected chi connectivity index (χ4v) is 6.22. The van der Waals surface area contributed by atoms with E-state index in [1.54, 1.807) is 48.0 Å². The fourth-order valence-electron chi connectivity index (χ4n) is 4.59. The number of nitrogens with zero attached hydrogens (tertiary/aromatic N) is 3. The minimum absolute atomic E-state index is 0.313. The molecule has 1 aromatic heterocycles. The molecule has 41 heavy (non-hydrogen) atoms. The van der Waals surface area contributed by atoms with Crippen LogP contribution >= 0.6 is 11.3 Å². The summed E-state index contributed by atoms with van der Waals surface area (Å²) in [4.78, 5) is 31.7. The molecule has 0 saturated carbocycles. The van der Waals surface area contributed by atoms with Crippen molar-refractivity contribution in [2.24, 2.45) is 0 Å². The third-order valence-electron chi connectivity index (χ3n) is 6.63. The number of carbonyl (C=O) groups is 2. The Bertz CT molecular complexity index is 1780. The number of nitrogens with one attached hydrogen (secondary N) is 2. The Hall–Kier alpha value is -4.26. The number of thiazole rings is 1. The van der Waals surface area contributed by atoms with Crippen molar-refractivity contribution in [2.45, 2.75) is 0 Å². The number of benzene rings is 3. The number of esters is 1. The van der Waals surface area contributed by atoms with E-state index in [4.69, 9.17) is 4.74 Å². The smallest absolute Gasteiger partial charge is 0.337 e. The van der Waals surface area contributed by atoms with Crippen LogP contribution in [0.3, 0.4) is 0 Å². The average Bonchev–Trinajstić information content (AvgIpc) is 3.53. The molecule has 212 valence electrons. The van der Waals surface area contributed by atoms with Gasteiger partial charge in [-0.25, -0.2) is 18.2 Å². The minimum atomic E-state index is -3.49. The number of amides is 1. The molecule has 10 nitrogen and oxygen atoms in total. The molecule has 3 aromatic carbocycles. The van der Waals surface area contributed by atoms with E-state index in [2.05, 4.69) is 15.6 Å². The molecule has 0 spiro atoms. The van der Waals surface area contributed by atoms with Crippen molar-refractivity contribution in [3.05, 3.63) is 82.9 Å². The van der Waals surface area contributed by atoms with Gasteiger partial charge in [0.25, 0.3) is 5.91 Å². The number of rotatable bonds is 9. The normalized spacial score (nSPS) is 14.1. The summed E-state index contributed by atoms with van der Waals surface area (Å²) in [6, 6.07) is 17.7. The Morgan fingerprint density at radius 3 is 2.44 bits per heavy atom. The van der Waals surface area contributed by atoms with Gasteiger partial charge in [0.15, 0.2) is 0 Å². The topological polar surface area (TPSA) is 121 Å². The van der Waals surface area contributed by atoms with E-state index in [9.17, 15) is 18.0 Å². The summed E-state index contributed by atoms with van der Waals surface area (Å²) >= 11 is 1.50. The molecule has 0 radical (unpaired) electrons. The van der Waals surface area contributed by atoms with Gasteiger partial charge in [-0.3, -0.25) is 9.10 Å². The highest BCUT2D eigenvalue weighted by atomic mass is 32.2. The first-order valence-corrected chi connectivity index (χ1v) is 15.4. The summed E-state index contributed by atoms with van der Waals surface area (Å²) in [5.74, 6) is -0.820. The van der Waals surface area contributed by atoms with Gasteiger partial charge < -0.3 is 20.3 Å². The number of hydrogen-bond donors (Lipinski definition) is 2. The molecular formula is C29H29N5O5S2. The van der Waals surface area contributed by atoms with Crippen molar-refractivity contribution in [3.63, 3.8) is 0 Å². The fraction of sp³-hybridized carbons (Fsp3) is 0.207. The van der Waals surface area contributed by atoms with E-state index < -0.39 is 16.0 Å². The molecule has 1 aliphatic rings. The first-order valence-electron chi connectivity index (χ1n) is 12.7. The molecule has 4 aromatic rings. The third-order valence-corrected chi connectivity index (χ3v) is 8.62. The first-order chi connectivity index (χ1) is 19.5. The van der Waals surface area contributed by atoms with Gasteiger partial charge in [0, 0.05) is 29.9 Å². The maximum absolute atomic E-state index is 13.4. The molecule has 0 aliphatic carbocycles. The van der Waals surface area contributed by atoms with Gasteiger partial charge in [-0.05, 0) is 62.6 Å². The lowest BCUT2D eigenvalue weighted by atomic mass is 9.99. The highest BCUT2D eigenvalue weighted by Crippen LogP contribution is 2.39. The molecular weight excluding hydrogens is 562 g/mol. The molecule has 5 rings (SSSR count). The van der Waals surface area contributed by atoms with Crippen molar-refractivity contribution < 1.29 is 22.7 Å². The zero-order valence-electron chi connectivity index (χ0n) is 23.0. The van der Waals surface area contributed by atoms with E-state index in [1.807, 2.05) is 37.2 Å². The largest absolute Gasteiger partial charge is 0.465 e. The number of hydrogen-bond acceptors (Lipinski definition) is 9. The average molecular weight is 592 g/mol. The molecule has 12 heteroatoms. The second-order valence-electron chi connectivity index (χ2n) is 9.80. The lowest BCUT2D eigenvalue weighted by molar-refractivity contribution is -0.110. The highest BCUT2D eigenvalue weighted by molar-refractivity contribution is 7.92. The second kappa shape index (κ2) is 11.3. The summed E-state index contributed by atoms with van der Waals surface area (Å²) in [6.45, 7) is 0.878. The number of aromatic nitrogens is 1. The number of methoxy groups -OCH3 is 1. The number of sulfonamides is 1. The van der Waals surface area contributed by atoms with Crippen LogP contribution in [0.4, 0.5) is 17.1 Å². The van der Waals surface area contributed by atoms with Crippen molar-refractivity contribution in [3.8, 4) is 0 Å². The summed E-state index contributed by atoms with van der Waals surface area (Å²) < 4.78 is 32.1. The summed E-state index contributed by atoms with van der Waals surface area (Å²) in [5, 5.41) is 6.27. The van der Waals surface area contributed by atoms with Crippen LogP contribution in [0.25, 0.3) is 21.5 Å². The summed E-state index contributed by atoms with van der Waals surface area (Å²) in [6.07, 6.45) is 1.19. The Labute approximate surface area is 242 Å². The van der Waals surface area contributed by atoms with E-state index in [1.165, 1.54) is 29.0 Å². The third kappa shape index (κ3) is 5.94. The monoisotopic (exact) mass is 591 g/mol. The molecule has 1 aliphatic heterocycles. The van der Waals surface area contributed by atoms with Crippen LogP contribution in [0.2, 0.25) is 0 Å². The van der Waals surface area contributed by atoms with Crippen molar-refractivity contribution in [2.75, 3.05) is 55.5 Å². The zero-order chi connectivity index (χ0) is 29.3. The lowest BCUT2D eigenvalue weighted by Crippen LogP contribution is -2.35. The van der Waals surface area contributed by atoms with Crippen LogP contribution in [0, 0.1) is 0 Å². The zero-order valence-corrected chi connectivity index (χ0v) is 24.6. The Morgan fingerprint density at radius 1 is 1.02 bits per heavy atom. The van der Waals surface area contributed by atoms with Crippen LogP contribution in [0.15, 0.2) is 66.2 Å². The summed E-state index contributed by atoms with van der Waals surface area (Å²) in [5.41, 5.74) is 7.03. The molecule has 0 bridgehead atoms. The SMILES string of the molecule is COC(=O)c1ccc2c(c1)NC(=O)/C2=C(\Nc1ccc(N(CCN(C)C)S(C)(=O)=O)cc1)c1ccc2ncsc2c1. The van der Waals surface area contributed by atoms with Gasteiger partial charge in [0.05, 0.1) is 57.3 Å². The van der Waals surface area contributed by atoms with Crippen LogP contribution in [-0.4, -0.2) is 70.7 Å². The number of fused-ring (bicyclic) bond motifs is 2. The predicted molar refractivity (Wildman–Crippen MR) is 164 cm³/mol.